The number of carbonyl (C=O) groups is 19. The van der Waals surface area contributed by atoms with E-state index in [0.717, 1.165) is 76.0 Å². The molecule has 143 heavy (non-hydrogen) atoms. The number of likely N-dealkylation sites (tertiary alicyclic amines) is 2. The number of unbranched alkanes of at least 4 members (excludes halogenated alkanes) is 13. The number of para-hydroxylation sites is 1. The number of hydrogen-bond donors (Lipinski definition) is 21. The number of carbonyl (C=O) groups excluding carboxylic acids is 15. The summed E-state index contributed by atoms with van der Waals surface area (Å²) >= 11 is 0. The minimum absolute atomic E-state index is 0.00841. The van der Waals surface area contributed by atoms with Gasteiger partial charge in [-0.15, -0.1) is 0 Å². The molecule has 0 radical (unpaired) electrons. The minimum atomic E-state index is -1.98. The molecule has 0 saturated carbocycles. The van der Waals surface area contributed by atoms with Crippen LogP contribution in [-0.2, 0) is 113 Å². The number of hydrogen-bond acceptors (Lipinski definition) is 24. The number of aromatic nitrogens is 1. The lowest BCUT2D eigenvalue weighted by Crippen LogP contribution is -2.61. The van der Waals surface area contributed by atoms with Crippen molar-refractivity contribution in [2.75, 3.05) is 85.3 Å². The van der Waals surface area contributed by atoms with Crippen LogP contribution in [0.2, 0.25) is 0 Å². The molecule has 7 rings (SSSR count). The molecule has 23 N–H and O–H groups in total. The number of carboxylic acid groups (broad SMARTS) is 4. The van der Waals surface area contributed by atoms with E-state index in [4.69, 9.17) is 31.5 Å². The molecule has 5 heterocycles. The molecular weight excluding hydrogens is 1860 g/mol. The van der Waals surface area contributed by atoms with E-state index in [-0.39, 0.29) is 200 Å². The summed E-state index contributed by atoms with van der Waals surface area (Å²) in [5, 5.41) is 81.3. The Morgan fingerprint density at radius 1 is 0.531 bits per heavy atom. The smallest absolute Gasteiger partial charge is 0.317 e. The number of aliphatic carboxylic acids is 4. The third-order valence-electron chi connectivity index (χ3n) is 24.8. The summed E-state index contributed by atoms with van der Waals surface area (Å²) < 4.78 is 11.0. The maximum absolute atomic E-state index is 15.7. The average Bonchev–Trinajstić information content (AvgIpc) is 1.67. The Labute approximate surface area is 830 Å². The van der Waals surface area contributed by atoms with Gasteiger partial charge in [-0.25, -0.2) is 0 Å². The number of benzene rings is 2. The van der Waals surface area contributed by atoms with Crippen LogP contribution in [0, 0.1) is 5.41 Å². The number of carboxylic acids is 4. The molecule has 2 aromatic carbocycles. The fraction of sp³-hybridized carbons (Fsp3) is 0.619. The Morgan fingerprint density at radius 3 is 1.74 bits per heavy atom. The SMILES string of the molecule is CC(=O)N[C@H]1CCC(=O)NCCC[C@@H](C(=O)N2CCC[C@H]2C(=O)N2CCC[C@H]2C(=O)N[C@@H](CC(=O)O)C(=O)N[C@@H](CCCCN(CC(=O)O)CC(=O)O)C(=O)N[C@@H](CCCCNC(=O)COCCOCCNC(=O)CCCCCCCCCCCCCCC(=O)O)C(N)=O)NC(=O)[C@H](Cc2c[nH]c3ccccc23)NC(=O)[C@H](CCCNC(=N)N)NC(=O)[C@@H](Cc2ccccc2)NC(=O)[C@H](CC2=CCC=N2)NC1=O. The van der Waals surface area contributed by atoms with Crippen LogP contribution in [0.5, 0.6) is 0 Å². The predicted octanol–water partition coefficient (Wildman–Crippen LogP) is 0.604. The van der Waals surface area contributed by atoms with Crippen molar-refractivity contribution in [2.24, 2.45) is 16.5 Å². The van der Waals surface area contributed by atoms with Crippen molar-refractivity contribution < 1.29 is 121 Å². The lowest BCUT2D eigenvalue weighted by atomic mass is 10.0. The number of aliphatic imine (C=N–C) groups is 1. The van der Waals surface area contributed by atoms with E-state index in [1.807, 2.05) is 0 Å². The average molecular weight is 2010 g/mol. The zero-order valence-electron chi connectivity index (χ0n) is 81.5. The molecule has 788 valence electrons. The van der Waals surface area contributed by atoms with Crippen LogP contribution in [-0.4, -0.2) is 317 Å². The standard InChI is InChI=1S/C97H145N21O25/c1-62(119)107-71-41-42-80(121)102-45-25-36-72(111-91(136)74(55-64-58-106-67-32-18-17-31-66(64)67)113-88(133)70(35-24-46-105-97(99)100)110-90(135)73(54-63-28-13-12-14-29-63)112-92(137)75(114-89(71)134)56-65-30-23-44-101-65)95(140)118-50-27-38-78(118)96(141)117-49-26-37-77(117)94(139)115-76(57-83(125)126)93(138)109-69(34-20-22-48-116(59-84(127)128)60-85(129)130)87(132)108-68(86(98)131)33-19-21-43-103-81(122)61-143-53-52-142-51-47-104-79(120)39-15-10-8-6-4-2-3-5-7-9-11-16-40-82(123)124/h12-14,17-18,28-32,44,58,68-78,106H,2-11,15-16,19-27,33-43,45-57,59-61H2,1H3,(H2,98,131)(H,102,121)(H,103,122)(H,104,120)(H,107,119)(H,108,132)(H,109,138)(H,110,135)(H,111,136)(H,112,137)(H,113,133)(H,114,134)(H,115,139)(H,123,124)(H,125,126)(H,127,128)(H,129,130)(H4,99,100,105)/t68-,69-,70-,71-,72-,73+,74-,75-,76-,77-,78-/m0/s1. The molecule has 3 saturated heterocycles. The molecule has 0 spiro atoms. The van der Waals surface area contributed by atoms with Crippen molar-refractivity contribution >= 4 is 136 Å². The minimum Gasteiger partial charge on any atom is -0.481 e. The van der Waals surface area contributed by atoms with Gasteiger partial charge in [-0.1, -0.05) is 119 Å². The van der Waals surface area contributed by atoms with Crippen molar-refractivity contribution in [1.29, 1.82) is 5.41 Å². The Kier molecular flexibility index (Phi) is 52.2. The lowest BCUT2D eigenvalue weighted by Gasteiger charge is -2.34. The molecule has 0 aliphatic carbocycles. The fourth-order valence-corrected chi connectivity index (χ4v) is 17.4. The van der Waals surface area contributed by atoms with E-state index in [1.54, 1.807) is 73.1 Å². The van der Waals surface area contributed by atoms with Gasteiger partial charge in [0.15, 0.2) is 5.96 Å². The third-order valence-corrected chi connectivity index (χ3v) is 24.8. The highest BCUT2D eigenvalue weighted by atomic mass is 16.5. The highest BCUT2D eigenvalue weighted by Gasteiger charge is 2.46. The van der Waals surface area contributed by atoms with Crippen molar-refractivity contribution in [3.63, 3.8) is 0 Å². The Balaban J connectivity index is 1.03. The van der Waals surface area contributed by atoms with E-state index in [1.165, 1.54) is 22.6 Å². The van der Waals surface area contributed by atoms with E-state index >= 15 is 24.0 Å². The second-order valence-corrected chi connectivity index (χ2v) is 36.3. The Morgan fingerprint density at radius 2 is 1.10 bits per heavy atom. The second kappa shape index (κ2) is 64.1. The van der Waals surface area contributed by atoms with Gasteiger partial charge in [-0.05, 0) is 133 Å². The van der Waals surface area contributed by atoms with Gasteiger partial charge in [0.25, 0.3) is 0 Å². The van der Waals surface area contributed by atoms with Crippen LogP contribution in [0.15, 0.2) is 77.6 Å². The first-order valence-electron chi connectivity index (χ1n) is 49.7. The number of ether oxygens (including phenoxy) is 2. The van der Waals surface area contributed by atoms with Crippen LogP contribution >= 0.6 is 0 Å². The normalized spacial score (nSPS) is 19.5. The zero-order chi connectivity index (χ0) is 104. The van der Waals surface area contributed by atoms with Crippen molar-refractivity contribution in [2.45, 2.75) is 298 Å². The van der Waals surface area contributed by atoms with Gasteiger partial charge in [-0.2, -0.15) is 0 Å². The van der Waals surface area contributed by atoms with E-state index in [9.17, 15) is 82.4 Å². The summed E-state index contributed by atoms with van der Waals surface area (Å²) in [6.07, 6.45) is 16.0. The fourth-order valence-electron chi connectivity index (χ4n) is 17.4. The second-order valence-electron chi connectivity index (χ2n) is 36.3. The summed E-state index contributed by atoms with van der Waals surface area (Å²) in [4.78, 5) is 272. The first-order chi connectivity index (χ1) is 68.6. The number of nitrogens with one attached hydrogen (secondary N) is 15. The maximum atomic E-state index is 15.7. The maximum Gasteiger partial charge on any atom is 0.317 e. The monoisotopic (exact) mass is 2000 g/mol. The van der Waals surface area contributed by atoms with Gasteiger partial charge in [0.1, 0.15) is 73.1 Å². The van der Waals surface area contributed by atoms with Gasteiger partial charge in [0, 0.05) is 120 Å². The summed E-state index contributed by atoms with van der Waals surface area (Å²) in [6.45, 7) is -0.119. The number of aromatic amines is 1. The number of nitrogens with zero attached hydrogens (tertiary/aromatic N) is 4. The number of guanidine groups is 1. The number of rotatable bonds is 59. The van der Waals surface area contributed by atoms with Gasteiger partial charge < -0.3 is 125 Å². The van der Waals surface area contributed by atoms with Gasteiger partial charge in [0.05, 0.1) is 39.3 Å². The van der Waals surface area contributed by atoms with E-state index in [0.29, 0.717) is 47.1 Å². The van der Waals surface area contributed by atoms with Crippen LogP contribution < -0.4 is 80.6 Å². The predicted molar refractivity (Wildman–Crippen MR) is 522 cm³/mol. The number of nitrogens with two attached hydrogens (primary N) is 2. The molecular formula is C97H145N21O25. The largest absolute Gasteiger partial charge is 0.481 e. The molecule has 1 aromatic heterocycles. The quantitative estimate of drug-likeness (QED) is 0.0209. The number of fused-ring (bicyclic) bond motifs is 1. The Bertz CT molecular complexity index is 4810. The molecule has 46 heteroatoms. The molecule has 4 aliphatic heterocycles. The molecule has 3 fully saturated rings. The molecule has 0 bridgehead atoms. The zero-order valence-corrected chi connectivity index (χ0v) is 81.5. The summed E-state index contributed by atoms with van der Waals surface area (Å²) in [6, 6.07) is -1.14. The van der Waals surface area contributed by atoms with Crippen molar-refractivity contribution in [3.8, 4) is 0 Å². The number of amides is 15. The third kappa shape index (κ3) is 44.3. The van der Waals surface area contributed by atoms with E-state index in [2.05, 4.69) is 79.1 Å². The van der Waals surface area contributed by atoms with Gasteiger partial charge >= 0.3 is 23.9 Å². The van der Waals surface area contributed by atoms with Gasteiger partial charge in [0.2, 0.25) is 88.6 Å². The van der Waals surface area contributed by atoms with Crippen LogP contribution in [0.25, 0.3) is 10.9 Å². The molecule has 15 amide bonds. The number of primary amides is 1. The molecule has 0 unspecified atom stereocenters. The van der Waals surface area contributed by atoms with E-state index < -0.39 is 199 Å². The van der Waals surface area contributed by atoms with Crippen molar-refractivity contribution in [1.82, 2.24) is 88.8 Å². The molecule has 11 atom stereocenters. The van der Waals surface area contributed by atoms with Gasteiger partial charge in [-0.3, -0.25) is 106 Å². The molecule has 46 nitrogen and oxygen atoms in total. The lowest BCUT2D eigenvalue weighted by molar-refractivity contribution is -0.148. The first kappa shape index (κ1) is 116. The first-order valence-corrected chi connectivity index (χ1v) is 49.7. The summed E-state index contributed by atoms with van der Waals surface area (Å²) in [7, 11) is 0. The summed E-state index contributed by atoms with van der Waals surface area (Å²) in [5.74, 6) is -17.6. The van der Waals surface area contributed by atoms with Crippen molar-refractivity contribution in [3.05, 3.63) is 83.7 Å². The molecule has 3 aromatic rings. The van der Waals surface area contributed by atoms with Crippen LogP contribution in [0.1, 0.15) is 230 Å². The molecule has 4 aliphatic rings. The van der Waals surface area contributed by atoms with Crippen LogP contribution in [0.3, 0.4) is 0 Å². The summed E-state index contributed by atoms with van der Waals surface area (Å²) in [5.41, 5.74) is 13.6. The Hall–Kier alpha value is -13.5. The highest BCUT2D eigenvalue weighted by molar-refractivity contribution is 6.01. The van der Waals surface area contributed by atoms with Crippen LogP contribution in [0.4, 0.5) is 0 Å². The number of allylic oxidation sites excluding steroid dienone is 1. The number of H-pyrrole nitrogens is 1. The highest BCUT2D eigenvalue weighted by Crippen LogP contribution is 2.28. The topological polar surface area (TPSA) is 694 Å².